The molecule has 3 aromatic carbocycles. The minimum absolute atomic E-state index is 0.0488. The van der Waals surface area contributed by atoms with E-state index in [0.29, 0.717) is 26.9 Å². The summed E-state index contributed by atoms with van der Waals surface area (Å²) in [7, 11) is -4.62. The van der Waals surface area contributed by atoms with Crippen molar-refractivity contribution in [3.63, 3.8) is 0 Å². The number of amides is 2. The van der Waals surface area contributed by atoms with Crippen molar-refractivity contribution in [1.29, 1.82) is 0 Å². The van der Waals surface area contributed by atoms with Gasteiger partial charge in [-0.2, -0.15) is 0 Å². The molecule has 4 aromatic rings. The Morgan fingerprint density at radius 1 is 1.03 bits per heavy atom. The van der Waals surface area contributed by atoms with Crippen LogP contribution < -0.4 is 16.0 Å². The van der Waals surface area contributed by atoms with Gasteiger partial charge in [0.2, 0.25) is 0 Å². The van der Waals surface area contributed by atoms with Crippen LogP contribution in [0.4, 0.5) is 35.2 Å². The third kappa shape index (κ3) is 6.07. The molecule has 5 N–H and O–H groups in total. The number of para-hydroxylation sites is 1. The number of phosphoric ester groups is 1. The molecule has 192 valence electrons. The van der Waals surface area contributed by atoms with Crippen LogP contribution in [0.3, 0.4) is 0 Å². The molecule has 0 aliphatic rings. The molecule has 0 bridgehead atoms. The molecule has 0 radical (unpaired) electrons. The van der Waals surface area contributed by atoms with Crippen LogP contribution in [-0.2, 0) is 9.09 Å². The molecular weight excluding hydrogens is 512 g/mol. The molecule has 37 heavy (non-hydrogen) atoms. The van der Waals surface area contributed by atoms with Crippen LogP contribution in [0, 0.1) is 17.5 Å². The molecule has 0 unspecified atom stereocenters. The number of pyridine rings is 1. The zero-order chi connectivity index (χ0) is 26.7. The van der Waals surface area contributed by atoms with Gasteiger partial charge < -0.3 is 20.8 Å². The van der Waals surface area contributed by atoms with E-state index in [2.05, 4.69) is 14.8 Å². The van der Waals surface area contributed by atoms with Gasteiger partial charge in [0.1, 0.15) is 29.0 Å². The first-order valence-electron chi connectivity index (χ1n) is 10.7. The number of primary amides is 1. The van der Waals surface area contributed by atoms with Crippen molar-refractivity contribution >= 4 is 41.8 Å². The summed E-state index contributed by atoms with van der Waals surface area (Å²) < 4.78 is 58.1. The minimum Gasteiger partial charge on any atom is -0.383 e. The van der Waals surface area contributed by atoms with Gasteiger partial charge in [0.15, 0.2) is 0 Å². The van der Waals surface area contributed by atoms with Crippen LogP contribution in [0.2, 0.25) is 0 Å². The van der Waals surface area contributed by atoms with E-state index in [-0.39, 0.29) is 24.7 Å². The lowest BCUT2D eigenvalue weighted by Crippen LogP contribution is -2.33. The highest BCUT2D eigenvalue weighted by atomic mass is 31.2. The standard InChI is InChI=1S/C24H20F3N4O5P/c25-16-6-4-14(5-7-16)22-18-9-8-17(29-10-11-36-37(33,34)35)12-15(18)13-21(30-22)31(24(28)32)23-19(26)2-1-3-20(23)27/h1-9,12-13,29H,10-11H2,(H2,28,32)(H2,33,34,35). The van der Waals surface area contributed by atoms with E-state index in [1.807, 2.05) is 0 Å². The fraction of sp³-hybridized carbons (Fsp3) is 0.0833. The van der Waals surface area contributed by atoms with E-state index in [1.165, 1.54) is 30.3 Å². The maximum atomic E-state index is 14.6. The quantitative estimate of drug-likeness (QED) is 0.184. The Morgan fingerprint density at radius 3 is 2.32 bits per heavy atom. The third-order valence-electron chi connectivity index (χ3n) is 5.24. The molecule has 0 fully saturated rings. The van der Waals surface area contributed by atoms with Crippen molar-refractivity contribution in [3.05, 3.63) is 84.2 Å². The lowest BCUT2D eigenvalue weighted by atomic mass is 10.0. The Kier molecular flexibility index (Phi) is 7.46. The van der Waals surface area contributed by atoms with E-state index in [0.717, 1.165) is 18.2 Å². The van der Waals surface area contributed by atoms with Gasteiger partial charge in [0.25, 0.3) is 0 Å². The van der Waals surface area contributed by atoms with Gasteiger partial charge in [0, 0.05) is 23.2 Å². The molecule has 9 nitrogen and oxygen atoms in total. The van der Waals surface area contributed by atoms with Crippen LogP contribution in [0.5, 0.6) is 0 Å². The third-order valence-corrected chi connectivity index (χ3v) is 5.76. The Labute approximate surface area is 208 Å². The van der Waals surface area contributed by atoms with E-state index in [9.17, 15) is 22.5 Å². The highest BCUT2D eigenvalue weighted by molar-refractivity contribution is 7.46. The maximum Gasteiger partial charge on any atom is 0.469 e. The van der Waals surface area contributed by atoms with Crippen molar-refractivity contribution in [2.24, 2.45) is 5.73 Å². The number of urea groups is 1. The number of phosphoric acid groups is 1. The Balaban J connectivity index is 1.84. The highest BCUT2D eigenvalue weighted by Gasteiger charge is 2.25. The number of rotatable bonds is 8. The molecule has 13 heteroatoms. The number of nitrogens with two attached hydrogens (primary N) is 1. The summed E-state index contributed by atoms with van der Waals surface area (Å²) in [5.41, 5.74) is 6.05. The van der Waals surface area contributed by atoms with Crippen LogP contribution in [0.1, 0.15) is 0 Å². The average molecular weight is 532 g/mol. The van der Waals surface area contributed by atoms with Crippen molar-refractivity contribution in [1.82, 2.24) is 4.98 Å². The fourth-order valence-corrected chi connectivity index (χ4v) is 4.03. The Morgan fingerprint density at radius 2 is 1.70 bits per heavy atom. The predicted molar refractivity (Wildman–Crippen MR) is 132 cm³/mol. The first kappa shape index (κ1) is 26.1. The van der Waals surface area contributed by atoms with Gasteiger partial charge in [-0.3, -0.25) is 4.52 Å². The number of carbonyl (C=O) groups excluding carboxylic acids is 1. The van der Waals surface area contributed by atoms with Gasteiger partial charge in [-0.25, -0.2) is 32.4 Å². The van der Waals surface area contributed by atoms with Gasteiger partial charge in [-0.05, 0) is 60.0 Å². The summed E-state index contributed by atoms with van der Waals surface area (Å²) in [6.07, 6.45) is 0. The maximum absolute atomic E-state index is 14.6. The number of nitrogens with zero attached hydrogens (tertiary/aromatic N) is 2. The van der Waals surface area contributed by atoms with Gasteiger partial charge >= 0.3 is 13.9 Å². The van der Waals surface area contributed by atoms with E-state index < -0.39 is 37.0 Å². The lowest BCUT2D eigenvalue weighted by Gasteiger charge is -2.22. The number of aromatic nitrogens is 1. The first-order chi connectivity index (χ1) is 17.5. The largest absolute Gasteiger partial charge is 0.469 e. The van der Waals surface area contributed by atoms with Gasteiger partial charge in [0.05, 0.1) is 12.3 Å². The molecule has 1 aromatic heterocycles. The summed E-state index contributed by atoms with van der Waals surface area (Å²) >= 11 is 0. The van der Waals surface area contributed by atoms with Crippen LogP contribution in [0.25, 0.3) is 22.0 Å². The monoisotopic (exact) mass is 532 g/mol. The number of anilines is 3. The highest BCUT2D eigenvalue weighted by Crippen LogP contribution is 2.37. The molecule has 0 atom stereocenters. The van der Waals surface area contributed by atoms with Crippen molar-refractivity contribution in [3.8, 4) is 11.3 Å². The summed E-state index contributed by atoms with van der Waals surface area (Å²) in [5.74, 6) is -2.75. The fourth-order valence-electron chi connectivity index (χ4n) is 3.70. The van der Waals surface area contributed by atoms with E-state index >= 15 is 0 Å². The number of nitrogens with one attached hydrogen (secondary N) is 1. The lowest BCUT2D eigenvalue weighted by molar-refractivity contribution is 0.204. The van der Waals surface area contributed by atoms with Crippen LogP contribution in [-0.4, -0.2) is 34.0 Å². The number of hydrogen-bond donors (Lipinski definition) is 4. The Bertz CT molecular complexity index is 1490. The minimum atomic E-state index is -4.62. The van der Waals surface area contributed by atoms with Crippen LogP contribution >= 0.6 is 7.82 Å². The number of halogens is 3. The zero-order valence-corrected chi connectivity index (χ0v) is 19.8. The smallest absolute Gasteiger partial charge is 0.383 e. The number of benzene rings is 3. The molecule has 0 aliphatic heterocycles. The summed E-state index contributed by atoms with van der Waals surface area (Å²) in [5, 5.41) is 3.96. The molecule has 4 rings (SSSR count). The number of hydrogen-bond acceptors (Lipinski definition) is 5. The second kappa shape index (κ2) is 10.6. The molecule has 2 amide bonds. The molecule has 0 spiro atoms. The van der Waals surface area contributed by atoms with Crippen molar-refractivity contribution < 1.29 is 36.8 Å². The topological polar surface area (TPSA) is 138 Å². The second-order valence-electron chi connectivity index (χ2n) is 7.77. The molecular formula is C24H20F3N4O5P. The predicted octanol–water partition coefficient (Wildman–Crippen LogP) is 5.06. The summed E-state index contributed by atoms with van der Waals surface area (Å²) in [6, 6.07) is 13.6. The number of fused-ring (bicyclic) bond motifs is 1. The molecule has 0 saturated carbocycles. The summed E-state index contributed by atoms with van der Waals surface area (Å²) in [4.78, 5) is 35.1. The molecule has 1 heterocycles. The average Bonchev–Trinajstić information content (AvgIpc) is 2.83. The van der Waals surface area contributed by atoms with Crippen molar-refractivity contribution in [2.45, 2.75) is 0 Å². The molecule has 0 aliphatic carbocycles. The first-order valence-corrected chi connectivity index (χ1v) is 12.2. The van der Waals surface area contributed by atoms with Gasteiger partial charge in [-0.15, -0.1) is 0 Å². The molecule has 0 saturated heterocycles. The van der Waals surface area contributed by atoms with Crippen molar-refractivity contribution in [2.75, 3.05) is 23.4 Å². The van der Waals surface area contributed by atoms with E-state index in [1.54, 1.807) is 18.2 Å². The van der Waals surface area contributed by atoms with Gasteiger partial charge in [-0.1, -0.05) is 12.1 Å². The normalized spacial score (nSPS) is 11.5. The number of carbonyl (C=O) groups is 1. The Hall–Kier alpha value is -3.96. The zero-order valence-electron chi connectivity index (χ0n) is 18.9. The van der Waals surface area contributed by atoms with E-state index in [4.69, 9.17) is 15.5 Å². The second-order valence-corrected chi connectivity index (χ2v) is 9.01. The SMILES string of the molecule is NC(=O)N(c1cc2cc(NCCOP(=O)(O)O)ccc2c(-c2ccc(F)cc2)n1)c1c(F)cccc1F. The summed E-state index contributed by atoms with van der Waals surface area (Å²) in [6.45, 7) is -0.236. The van der Waals surface area contributed by atoms with Crippen LogP contribution in [0.15, 0.2) is 66.7 Å².